The van der Waals surface area contributed by atoms with Crippen LogP contribution in [0.25, 0.3) is 11.6 Å². The van der Waals surface area contributed by atoms with Crippen LogP contribution in [0.5, 0.6) is 5.75 Å². The van der Waals surface area contributed by atoms with Crippen molar-refractivity contribution < 1.29 is 34.2 Å². The largest absolute Gasteiger partial charge is 0.507 e. The molecule has 3 aliphatic rings. The lowest BCUT2D eigenvalue weighted by Crippen LogP contribution is -2.74. The first-order valence-electron chi connectivity index (χ1n) is 11.9. The number of nitrogens with zero attached hydrogens (tertiary/aromatic N) is 1. The van der Waals surface area contributed by atoms with Crippen LogP contribution in [0.3, 0.4) is 0 Å². The number of Topliss-reactive ketones (excluding diaryl/α,β-unsaturated/α-hetero) is 4. The number of phenols is 1. The highest BCUT2D eigenvalue weighted by atomic mass is 16.3. The van der Waals surface area contributed by atoms with E-state index in [1.807, 2.05) is 36.4 Å². The fourth-order valence-corrected chi connectivity index (χ4v) is 6.36. The number of likely N-dealkylation sites (N-methyl/N-ethyl adjacent to an activating group) is 1. The quantitative estimate of drug-likeness (QED) is 0.522. The van der Waals surface area contributed by atoms with Gasteiger partial charge in [0.2, 0.25) is 5.91 Å². The fourth-order valence-electron chi connectivity index (χ4n) is 6.36. The highest BCUT2D eigenvalue weighted by Gasteiger charge is 2.69. The number of hydrogen-bond donors (Lipinski definition) is 3. The number of fused-ring (bicyclic) bond motifs is 3. The SMILES string of the molecule is CN(C)[C@H]1C(=O)C(C(N)=O)C(=O)[C@]2(O)C(=O)C3C(=O)c4c(O)cccc4/C(=C\c4ccccc4)[C@@H]3C[C@H]12. The van der Waals surface area contributed by atoms with Crippen molar-refractivity contribution in [1.29, 1.82) is 0 Å². The summed E-state index contributed by atoms with van der Waals surface area (Å²) in [4.78, 5) is 67.9. The van der Waals surface area contributed by atoms with E-state index < -0.39 is 64.4 Å². The second-order valence-corrected chi connectivity index (χ2v) is 10.1. The molecular formula is C28H26N2O7. The van der Waals surface area contributed by atoms with Crippen molar-refractivity contribution in [2.45, 2.75) is 18.1 Å². The van der Waals surface area contributed by atoms with Gasteiger partial charge in [-0.05, 0) is 43.3 Å². The van der Waals surface area contributed by atoms with E-state index >= 15 is 0 Å². The van der Waals surface area contributed by atoms with Crippen LogP contribution < -0.4 is 5.73 Å². The number of hydrogen-bond acceptors (Lipinski definition) is 8. The number of amides is 1. The van der Waals surface area contributed by atoms with Crippen molar-refractivity contribution in [1.82, 2.24) is 4.90 Å². The maximum Gasteiger partial charge on any atom is 0.235 e. The number of allylic oxidation sites excluding steroid dienone is 1. The lowest BCUT2D eigenvalue weighted by atomic mass is 9.51. The lowest BCUT2D eigenvalue weighted by Gasteiger charge is -2.53. The third-order valence-electron chi connectivity index (χ3n) is 7.94. The molecule has 2 saturated carbocycles. The van der Waals surface area contributed by atoms with E-state index in [4.69, 9.17) is 5.73 Å². The van der Waals surface area contributed by atoms with E-state index in [-0.39, 0.29) is 17.7 Å². The van der Waals surface area contributed by atoms with E-state index in [1.165, 1.54) is 11.0 Å². The van der Waals surface area contributed by atoms with Gasteiger partial charge in [0.05, 0.1) is 17.5 Å². The molecule has 5 rings (SSSR count). The summed E-state index contributed by atoms with van der Waals surface area (Å²) in [7, 11) is 3.10. The van der Waals surface area contributed by atoms with Gasteiger partial charge < -0.3 is 15.9 Å². The van der Waals surface area contributed by atoms with Gasteiger partial charge >= 0.3 is 0 Å². The molecule has 2 fully saturated rings. The zero-order valence-corrected chi connectivity index (χ0v) is 20.3. The Morgan fingerprint density at radius 2 is 1.70 bits per heavy atom. The highest BCUT2D eigenvalue weighted by molar-refractivity contribution is 6.33. The molecule has 9 nitrogen and oxygen atoms in total. The minimum atomic E-state index is -2.76. The van der Waals surface area contributed by atoms with Crippen LogP contribution >= 0.6 is 0 Å². The number of primary amides is 1. The van der Waals surface area contributed by atoms with Crippen molar-refractivity contribution >= 4 is 40.7 Å². The molecule has 3 aliphatic carbocycles. The average molecular weight is 503 g/mol. The number of carbonyl (C=O) groups excluding carboxylic acids is 5. The maximum atomic E-state index is 14.0. The number of nitrogens with two attached hydrogens (primary N) is 1. The molecule has 4 N–H and O–H groups in total. The summed E-state index contributed by atoms with van der Waals surface area (Å²) in [5, 5.41) is 22.3. The number of ketones is 4. The first kappa shape index (κ1) is 24.7. The first-order valence-corrected chi connectivity index (χ1v) is 11.9. The minimum Gasteiger partial charge on any atom is -0.507 e. The monoisotopic (exact) mass is 502 g/mol. The third-order valence-corrected chi connectivity index (χ3v) is 7.94. The number of phenolic OH excluding ortho intramolecular Hbond substituents is 1. The van der Waals surface area contributed by atoms with E-state index in [9.17, 15) is 34.2 Å². The Balaban J connectivity index is 1.75. The maximum absolute atomic E-state index is 14.0. The van der Waals surface area contributed by atoms with E-state index in [2.05, 4.69) is 0 Å². The molecule has 0 spiro atoms. The van der Waals surface area contributed by atoms with Gasteiger partial charge in [0.1, 0.15) is 5.75 Å². The molecular weight excluding hydrogens is 476 g/mol. The van der Waals surface area contributed by atoms with Gasteiger partial charge in [-0.1, -0.05) is 48.5 Å². The summed E-state index contributed by atoms with van der Waals surface area (Å²) < 4.78 is 0. The third kappa shape index (κ3) is 3.42. The smallest absolute Gasteiger partial charge is 0.235 e. The summed E-state index contributed by atoms with van der Waals surface area (Å²) in [6, 6.07) is 12.6. The molecule has 0 heterocycles. The Morgan fingerprint density at radius 3 is 2.32 bits per heavy atom. The van der Waals surface area contributed by atoms with Gasteiger partial charge in [0, 0.05) is 11.8 Å². The molecule has 0 saturated heterocycles. The molecule has 0 aliphatic heterocycles. The van der Waals surface area contributed by atoms with Crippen LogP contribution in [-0.4, -0.2) is 69.9 Å². The molecule has 0 radical (unpaired) electrons. The van der Waals surface area contributed by atoms with Crippen molar-refractivity contribution in [3.8, 4) is 5.75 Å². The van der Waals surface area contributed by atoms with Crippen molar-refractivity contribution in [3.63, 3.8) is 0 Å². The van der Waals surface area contributed by atoms with Crippen molar-refractivity contribution in [3.05, 3.63) is 65.2 Å². The molecule has 190 valence electrons. The molecule has 2 aromatic rings. The summed E-state index contributed by atoms with van der Waals surface area (Å²) in [6.45, 7) is 0. The molecule has 0 aromatic heterocycles. The average Bonchev–Trinajstić information content (AvgIpc) is 2.84. The molecule has 1 amide bonds. The topological polar surface area (TPSA) is 155 Å². The lowest BCUT2D eigenvalue weighted by molar-refractivity contribution is -0.180. The van der Waals surface area contributed by atoms with Crippen LogP contribution in [0, 0.1) is 23.7 Å². The number of aliphatic hydroxyl groups is 1. The first-order chi connectivity index (χ1) is 17.5. The number of rotatable bonds is 3. The van der Waals surface area contributed by atoms with Crippen molar-refractivity contribution in [2.75, 3.05) is 14.1 Å². The van der Waals surface area contributed by atoms with Crippen LogP contribution in [0.4, 0.5) is 0 Å². The minimum absolute atomic E-state index is 0.0573. The summed E-state index contributed by atoms with van der Waals surface area (Å²) in [5.74, 6) is -11.0. The second kappa shape index (κ2) is 8.57. The number of aromatic hydroxyl groups is 1. The molecule has 0 bridgehead atoms. The molecule has 9 heteroatoms. The van der Waals surface area contributed by atoms with Crippen LogP contribution in [0.1, 0.15) is 27.9 Å². The predicted octanol–water partition coefficient (Wildman–Crippen LogP) is 0.865. The van der Waals surface area contributed by atoms with Gasteiger partial charge in [-0.25, -0.2) is 0 Å². The predicted molar refractivity (Wildman–Crippen MR) is 132 cm³/mol. The van der Waals surface area contributed by atoms with Crippen LogP contribution in [-0.2, 0) is 19.2 Å². The van der Waals surface area contributed by atoms with E-state index in [0.29, 0.717) is 11.1 Å². The van der Waals surface area contributed by atoms with Gasteiger partial charge in [-0.3, -0.25) is 28.9 Å². The Labute approximate surface area is 212 Å². The fraction of sp³-hybridized carbons (Fsp3) is 0.321. The molecule has 2 unspecified atom stereocenters. The van der Waals surface area contributed by atoms with Crippen LogP contribution in [0.15, 0.2) is 48.5 Å². The van der Waals surface area contributed by atoms with Gasteiger partial charge in [0.15, 0.2) is 34.7 Å². The normalized spacial score (nSPS) is 32.2. The zero-order chi connectivity index (χ0) is 26.8. The standard InChI is InChI=1S/C28H26N2O7/c1-30(2)22-17-12-16-15(11-13-7-4-3-5-8-13)14-9-6-10-18(31)19(14)23(32)20(16)25(34)28(17,37)26(35)21(24(22)33)27(29)36/h3-11,16-17,20-22,31,37H,12H2,1-2H3,(H2,29,36)/b15-11+/t16-,17+,20?,21?,22+,28+/m0/s1. The highest BCUT2D eigenvalue weighted by Crippen LogP contribution is 2.54. The zero-order valence-electron chi connectivity index (χ0n) is 20.3. The van der Waals surface area contributed by atoms with Crippen molar-refractivity contribution in [2.24, 2.45) is 29.4 Å². The Hall–Kier alpha value is -3.95. The summed E-state index contributed by atoms with van der Waals surface area (Å²) in [6.07, 6.45) is 1.75. The Kier molecular flexibility index (Phi) is 5.73. The van der Waals surface area contributed by atoms with Gasteiger partial charge in [0.25, 0.3) is 0 Å². The second-order valence-electron chi connectivity index (χ2n) is 10.1. The molecule has 2 aromatic carbocycles. The Bertz CT molecular complexity index is 1400. The van der Waals surface area contributed by atoms with Crippen LogP contribution in [0.2, 0.25) is 0 Å². The summed E-state index contributed by atoms with van der Waals surface area (Å²) in [5.41, 5.74) is 4.32. The van der Waals surface area contributed by atoms with Gasteiger partial charge in [-0.2, -0.15) is 0 Å². The Morgan fingerprint density at radius 1 is 1.03 bits per heavy atom. The van der Waals surface area contributed by atoms with Gasteiger partial charge in [-0.15, -0.1) is 0 Å². The number of benzene rings is 2. The molecule has 37 heavy (non-hydrogen) atoms. The molecule has 6 atom stereocenters. The number of carbonyl (C=O) groups is 5. The summed E-state index contributed by atoms with van der Waals surface area (Å²) >= 11 is 0. The van der Waals surface area contributed by atoms with E-state index in [1.54, 1.807) is 26.2 Å². The van der Waals surface area contributed by atoms with E-state index in [0.717, 1.165) is 5.56 Å².